The summed E-state index contributed by atoms with van der Waals surface area (Å²) in [6.07, 6.45) is 4.05. The van der Waals surface area contributed by atoms with Gasteiger partial charge >= 0.3 is 0 Å². The first-order valence-corrected chi connectivity index (χ1v) is 7.38. The van der Waals surface area contributed by atoms with E-state index < -0.39 is 0 Å². The summed E-state index contributed by atoms with van der Waals surface area (Å²) in [5.41, 5.74) is 2.10. The maximum absolute atomic E-state index is 12.4. The molecule has 0 aromatic carbocycles. The first-order chi connectivity index (χ1) is 9.58. The molecule has 4 heteroatoms. The molecule has 20 heavy (non-hydrogen) atoms. The van der Waals surface area contributed by atoms with Crippen LogP contribution in [0.2, 0.25) is 0 Å². The zero-order chi connectivity index (χ0) is 14.2. The van der Waals surface area contributed by atoms with Gasteiger partial charge in [-0.2, -0.15) is 0 Å². The van der Waals surface area contributed by atoms with Crippen LogP contribution < -0.4 is 0 Å². The van der Waals surface area contributed by atoms with Crippen molar-refractivity contribution in [2.45, 2.75) is 32.6 Å². The molecule has 4 nitrogen and oxygen atoms in total. The molecule has 3 rings (SSSR count). The van der Waals surface area contributed by atoms with Crippen LogP contribution in [-0.4, -0.2) is 42.1 Å². The summed E-state index contributed by atoms with van der Waals surface area (Å²) >= 11 is 0. The predicted molar refractivity (Wildman–Crippen MR) is 76.5 cm³/mol. The number of aromatic nitrogens is 1. The van der Waals surface area contributed by atoms with Crippen LogP contribution in [0, 0.1) is 12.3 Å². The van der Waals surface area contributed by atoms with Crippen molar-refractivity contribution in [3.05, 3.63) is 29.6 Å². The quantitative estimate of drug-likeness (QED) is 0.829. The molecule has 108 valence electrons. The average Bonchev–Trinajstić information content (AvgIpc) is 2.45. The summed E-state index contributed by atoms with van der Waals surface area (Å²) in [5.74, 6) is 0.807. The van der Waals surface area contributed by atoms with Crippen LogP contribution in [0.4, 0.5) is 0 Å². The summed E-state index contributed by atoms with van der Waals surface area (Å²) in [5, 5.41) is 0. The van der Waals surface area contributed by atoms with E-state index in [1.807, 2.05) is 24.9 Å². The van der Waals surface area contributed by atoms with Gasteiger partial charge in [0.25, 0.3) is 0 Å². The highest BCUT2D eigenvalue weighted by Gasteiger charge is 2.44. The maximum atomic E-state index is 12.4. The number of hydrogen-bond donors (Lipinski definition) is 0. The van der Waals surface area contributed by atoms with Crippen LogP contribution in [-0.2, 0) is 9.53 Å². The molecule has 1 aromatic heterocycles. The zero-order valence-electron chi connectivity index (χ0n) is 12.3. The van der Waals surface area contributed by atoms with Crippen molar-refractivity contribution >= 4 is 5.91 Å². The van der Waals surface area contributed by atoms with E-state index in [2.05, 4.69) is 17.1 Å². The topological polar surface area (TPSA) is 42.4 Å². The number of hydrogen-bond acceptors (Lipinski definition) is 3. The zero-order valence-corrected chi connectivity index (χ0v) is 12.3. The van der Waals surface area contributed by atoms with Gasteiger partial charge in [-0.1, -0.05) is 6.07 Å². The highest BCUT2D eigenvalue weighted by molar-refractivity contribution is 5.83. The van der Waals surface area contributed by atoms with Crippen molar-refractivity contribution in [2.24, 2.45) is 5.41 Å². The number of aryl methyl sites for hydroxylation is 1. The molecule has 0 radical (unpaired) electrons. The average molecular weight is 274 g/mol. The molecule has 0 spiro atoms. The van der Waals surface area contributed by atoms with E-state index in [0.717, 1.165) is 31.6 Å². The summed E-state index contributed by atoms with van der Waals surface area (Å²) in [7, 11) is 0. The fraction of sp³-hybridized carbons (Fsp3) is 0.625. The van der Waals surface area contributed by atoms with Crippen LogP contribution in [0.1, 0.15) is 36.9 Å². The normalized spacial score (nSPS) is 22.4. The Hall–Kier alpha value is -1.42. The van der Waals surface area contributed by atoms with Gasteiger partial charge in [0.2, 0.25) is 5.91 Å². The molecule has 2 aliphatic rings. The van der Waals surface area contributed by atoms with E-state index in [4.69, 9.17) is 4.74 Å². The summed E-state index contributed by atoms with van der Waals surface area (Å²) in [6, 6.07) is 4.24. The fourth-order valence-corrected chi connectivity index (χ4v) is 3.05. The second-order valence-electron chi connectivity index (χ2n) is 6.35. The molecule has 0 aliphatic carbocycles. The van der Waals surface area contributed by atoms with Gasteiger partial charge < -0.3 is 9.64 Å². The van der Waals surface area contributed by atoms with Gasteiger partial charge in [-0.15, -0.1) is 0 Å². The van der Waals surface area contributed by atoms with Crippen molar-refractivity contribution in [1.29, 1.82) is 0 Å². The standard InChI is InChI=1S/C16H22N2O2/c1-12-3-4-14(9-17-12)13-5-7-18(8-6-13)15(19)16(2)10-20-11-16/h3-4,9,13H,5-8,10-11H2,1-2H3. The number of piperidine rings is 1. The number of carbonyl (C=O) groups is 1. The van der Waals surface area contributed by atoms with E-state index in [1.165, 1.54) is 5.56 Å². The van der Waals surface area contributed by atoms with Crippen molar-refractivity contribution < 1.29 is 9.53 Å². The van der Waals surface area contributed by atoms with Crippen LogP contribution in [0.25, 0.3) is 0 Å². The summed E-state index contributed by atoms with van der Waals surface area (Å²) in [6.45, 7) is 6.88. The molecule has 0 N–H and O–H groups in total. The molecule has 0 bridgehead atoms. The highest BCUT2D eigenvalue weighted by Crippen LogP contribution is 2.33. The monoisotopic (exact) mass is 274 g/mol. The number of pyridine rings is 1. The molecular weight excluding hydrogens is 252 g/mol. The van der Waals surface area contributed by atoms with Gasteiger partial charge in [-0.25, -0.2) is 0 Å². The van der Waals surface area contributed by atoms with E-state index in [-0.39, 0.29) is 11.3 Å². The molecule has 2 fully saturated rings. The van der Waals surface area contributed by atoms with E-state index in [9.17, 15) is 4.79 Å². The Balaban J connectivity index is 1.59. The van der Waals surface area contributed by atoms with Crippen LogP contribution in [0.15, 0.2) is 18.3 Å². The maximum Gasteiger partial charge on any atom is 0.233 e. The lowest BCUT2D eigenvalue weighted by Crippen LogP contribution is -2.54. The van der Waals surface area contributed by atoms with E-state index >= 15 is 0 Å². The summed E-state index contributed by atoms with van der Waals surface area (Å²) in [4.78, 5) is 18.8. The molecule has 1 aromatic rings. The lowest BCUT2D eigenvalue weighted by molar-refractivity contribution is -0.169. The fourth-order valence-electron chi connectivity index (χ4n) is 3.05. The molecule has 0 saturated carbocycles. The second kappa shape index (κ2) is 5.17. The van der Waals surface area contributed by atoms with Crippen molar-refractivity contribution in [1.82, 2.24) is 9.88 Å². The minimum Gasteiger partial charge on any atom is -0.379 e. The third-order valence-corrected chi connectivity index (χ3v) is 4.55. The third kappa shape index (κ3) is 2.44. The molecule has 0 atom stereocenters. The number of ether oxygens (including phenoxy) is 1. The molecule has 1 amide bonds. The third-order valence-electron chi connectivity index (χ3n) is 4.55. The van der Waals surface area contributed by atoms with Gasteiger partial charge in [0.05, 0.1) is 18.6 Å². The number of likely N-dealkylation sites (tertiary alicyclic amines) is 1. The Morgan fingerprint density at radius 3 is 2.55 bits per heavy atom. The highest BCUT2D eigenvalue weighted by atomic mass is 16.5. The van der Waals surface area contributed by atoms with Crippen molar-refractivity contribution in [3.8, 4) is 0 Å². The first-order valence-electron chi connectivity index (χ1n) is 7.38. The van der Waals surface area contributed by atoms with Crippen LogP contribution in [0.3, 0.4) is 0 Å². The minimum absolute atomic E-state index is 0.266. The van der Waals surface area contributed by atoms with E-state index in [0.29, 0.717) is 19.1 Å². The second-order valence-corrected chi connectivity index (χ2v) is 6.35. The molecule has 0 unspecified atom stereocenters. The molecular formula is C16H22N2O2. The largest absolute Gasteiger partial charge is 0.379 e. The van der Waals surface area contributed by atoms with Gasteiger partial charge in [0, 0.05) is 25.0 Å². The van der Waals surface area contributed by atoms with Crippen molar-refractivity contribution in [3.63, 3.8) is 0 Å². The molecule has 2 aliphatic heterocycles. The van der Waals surface area contributed by atoms with Crippen LogP contribution in [0.5, 0.6) is 0 Å². The van der Waals surface area contributed by atoms with Gasteiger partial charge in [-0.3, -0.25) is 9.78 Å². The summed E-state index contributed by atoms with van der Waals surface area (Å²) < 4.78 is 5.20. The first kappa shape index (κ1) is 13.6. The van der Waals surface area contributed by atoms with Crippen molar-refractivity contribution in [2.75, 3.05) is 26.3 Å². The number of nitrogens with zero attached hydrogens (tertiary/aromatic N) is 2. The Kier molecular flexibility index (Phi) is 3.50. The molecule has 3 heterocycles. The predicted octanol–water partition coefficient (Wildman–Crippen LogP) is 2.13. The number of carbonyl (C=O) groups excluding carboxylic acids is 1. The number of rotatable bonds is 2. The smallest absolute Gasteiger partial charge is 0.233 e. The Bertz CT molecular complexity index is 486. The lowest BCUT2D eigenvalue weighted by Gasteiger charge is -2.42. The molecule has 2 saturated heterocycles. The van der Waals surface area contributed by atoms with Gasteiger partial charge in [0.15, 0.2) is 0 Å². The SMILES string of the molecule is Cc1ccc(C2CCN(C(=O)C3(C)COC3)CC2)cn1. The Morgan fingerprint density at radius 2 is 2.05 bits per heavy atom. The van der Waals surface area contributed by atoms with E-state index in [1.54, 1.807) is 0 Å². The minimum atomic E-state index is -0.266. The van der Waals surface area contributed by atoms with Gasteiger partial charge in [-0.05, 0) is 44.2 Å². The van der Waals surface area contributed by atoms with Crippen LogP contribution >= 0.6 is 0 Å². The lowest BCUT2D eigenvalue weighted by atomic mass is 9.84. The Labute approximate surface area is 120 Å². The van der Waals surface area contributed by atoms with Gasteiger partial charge in [0.1, 0.15) is 0 Å². The number of amides is 1. The Morgan fingerprint density at radius 1 is 1.35 bits per heavy atom.